The number of anilines is 1. The number of rotatable bonds is 4. The SMILES string of the molecule is COc1ccc(C(=O)N2CCC(C(=O)Nc3ccc(C)cn3)CC2)c(F)c1. The third kappa shape index (κ3) is 4.42. The average Bonchev–Trinajstić information content (AvgIpc) is 2.69. The quantitative estimate of drug-likeness (QED) is 0.897. The van der Waals surface area contributed by atoms with Crippen molar-refractivity contribution >= 4 is 17.6 Å². The van der Waals surface area contributed by atoms with E-state index in [2.05, 4.69) is 10.3 Å². The maximum atomic E-state index is 14.1. The number of carbonyl (C=O) groups is 2. The number of nitrogens with zero attached hydrogens (tertiary/aromatic N) is 2. The lowest BCUT2D eigenvalue weighted by Gasteiger charge is -2.31. The molecule has 1 aliphatic rings. The highest BCUT2D eigenvalue weighted by molar-refractivity contribution is 5.95. The molecule has 1 aromatic heterocycles. The lowest BCUT2D eigenvalue weighted by atomic mass is 9.95. The van der Waals surface area contributed by atoms with E-state index in [0.717, 1.165) is 5.56 Å². The van der Waals surface area contributed by atoms with Crippen LogP contribution in [-0.2, 0) is 4.79 Å². The molecule has 0 aliphatic carbocycles. The normalized spacial score (nSPS) is 14.7. The fraction of sp³-hybridized carbons (Fsp3) is 0.350. The van der Waals surface area contributed by atoms with Gasteiger partial charge in [0.15, 0.2) is 0 Å². The Morgan fingerprint density at radius 3 is 2.56 bits per heavy atom. The van der Waals surface area contributed by atoms with Crippen LogP contribution in [0.5, 0.6) is 5.75 Å². The van der Waals surface area contributed by atoms with Crippen molar-refractivity contribution in [1.29, 1.82) is 0 Å². The van der Waals surface area contributed by atoms with Gasteiger partial charge in [-0.05, 0) is 43.5 Å². The van der Waals surface area contributed by atoms with Crippen LogP contribution in [0.1, 0.15) is 28.8 Å². The Labute approximate surface area is 157 Å². The van der Waals surface area contributed by atoms with Gasteiger partial charge in [0.25, 0.3) is 5.91 Å². The fourth-order valence-corrected chi connectivity index (χ4v) is 3.08. The number of carbonyl (C=O) groups excluding carboxylic acids is 2. The summed E-state index contributed by atoms with van der Waals surface area (Å²) in [6.45, 7) is 2.74. The van der Waals surface area contributed by atoms with Gasteiger partial charge in [-0.3, -0.25) is 9.59 Å². The molecule has 3 rings (SSSR count). The van der Waals surface area contributed by atoms with Gasteiger partial charge in [-0.15, -0.1) is 0 Å². The summed E-state index contributed by atoms with van der Waals surface area (Å²) in [5.74, 6) is -0.389. The first-order chi connectivity index (χ1) is 13.0. The fourth-order valence-electron chi connectivity index (χ4n) is 3.08. The van der Waals surface area contributed by atoms with Crippen molar-refractivity contribution in [3.05, 3.63) is 53.5 Å². The largest absolute Gasteiger partial charge is 0.497 e. The molecule has 1 saturated heterocycles. The van der Waals surface area contributed by atoms with Crippen LogP contribution in [0.3, 0.4) is 0 Å². The van der Waals surface area contributed by atoms with E-state index in [0.29, 0.717) is 37.5 Å². The van der Waals surface area contributed by atoms with Crippen molar-refractivity contribution < 1.29 is 18.7 Å². The molecule has 1 aromatic carbocycles. The molecule has 0 radical (unpaired) electrons. The highest BCUT2D eigenvalue weighted by atomic mass is 19.1. The van der Waals surface area contributed by atoms with Crippen LogP contribution in [0.2, 0.25) is 0 Å². The van der Waals surface area contributed by atoms with E-state index in [-0.39, 0.29) is 23.3 Å². The minimum Gasteiger partial charge on any atom is -0.497 e. The molecule has 2 aromatic rings. The molecule has 1 N–H and O–H groups in total. The number of hydrogen-bond donors (Lipinski definition) is 1. The van der Waals surface area contributed by atoms with Gasteiger partial charge in [-0.2, -0.15) is 0 Å². The highest BCUT2D eigenvalue weighted by Crippen LogP contribution is 2.23. The van der Waals surface area contributed by atoms with E-state index < -0.39 is 5.82 Å². The first-order valence-corrected chi connectivity index (χ1v) is 8.84. The summed E-state index contributed by atoms with van der Waals surface area (Å²) in [4.78, 5) is 30.7. The van der Waals surface area contributed by atoms with E-state index >= 15 is 0 Å². The van der Waals surface area contributed by atoms with Crippen molar-refractivity contribution in [3.8, 4) is 5.75 Å². The van der Waals surface area contributed by atoms with Gasteiger partial charge >= 0.3 is 0 Å². The van der Waals surface area contributed by atoms with Crippen molar-refractivity contribution in [1.82, 2.24) is 9.88 Å². The van der Waals surface area contributed by atoms with Gasteiger partial charge in [-0.25, -0.2) is 9.37 Å². The number of benzene rings is 1. The monoisotopic (exact) mass is 371 g/mol. The summed E-state index contributed by atoms with van der Waals surface area (Å²) in [6, 6.07) is 7.83. The maximum absolute atomic E-state index is 14.1. The lowest BCUT2D eigenvalue weighted by Crippen LogP contribution is -2.41. The molecule has 1 fully saturated rings. The third-order valence-corrected chi connectivity index (χ3v) is 4.72. The predicted octanol–water partition coefficient (Wildman–Crippen LogP) is 3.03. The molecule has 7 heteroatoms. The van der Waals surface area contributed by atoms with Crippen molar-refractivity contribution in [2.45, 2.75) is 19.8 Å². The Morgan fingerprint density at radius 2 is 1.96 bits per heavy atom. The maximum Gasteiger partial charge on any atom is 0.256 e. The number of halogens is 1. The van der Waals surface area contributed by atoms with E-state index in [1.807, 2.05) is 13.0 Å². The molecular weight excluding hydrogens is 349 g/mol. The number of methoxy groups -OCH3 is 1. The first-order valence-electron chi connectivity index (χ1n) is 8.84. The van der Waals surface area contributed by atoms with Gasteiger partial charge in [0.2, 0.25) is 5.91 Å². The van der Waals surface area contributed by atoms with Gasteiger partial charge in [0, 0.05) is 31.3 Å². The van der Waals surface area contributed by atoms with Gasteiger partial charge in [-0.1, -0.05) is 6.07 Å². The Kier molecular flexibility index (Phi) is 5.69. The van der Waals surface area contributed by atoms with E-state index in [1.165, 1.54) is 19.2 Å². The zero-order valence-electron chi connectivity index (χ0n) is 15.4. The molecule has 142 valence electrons. The lowest BCUT2D eigenvalue weighted by molar-refractivity contribution is -0.121. The topological polar surface area (TPSA) is 71.5 Å². The van der Waals surface area contributed by atoms with Crippen LogP contribution in [0, 0.1) is 18.7 Å². The molecule has 2 heterocycles. The minimum absolute atomic E-state index is 0.0163. The van der Waals surface area contributed by atoms with Gasteiger partial charge < -0.3 is 15.0 Å². The Morgan fingerprint density at radius 1 is 1.22 bits per heavy atom. The zero-order chi connectivity index (χ0) is 19.4. The van der Waals surface area contributed by atoms with Gasteiger partial charge in [0.05, 0.1) is 12.7 Å². The number of amides is 2. The number of likely N-dealkylation sites (tertiary alicyclic amines) is 1. The average molecular weight is 371 g/mol. The Hall–Kier alpha value is -2.96. The van der Waals surface area contributed by atoms with Crippen molar-refractivity contribution in [2.75, 3.05) is 25.5 Å². The number of aromatic nitrogens is 1. The number of piperidine rings is 1. The molecule has 0 unspecified atom stereocenters. The zero-order valence-corrected chi connectivity index (χ0v) is 15.4. The predicted molar refractivity (Wildman–Crippen MR) is 99.2 cm³/mol. The van der Waals surface area contributed by atoms with E-state index in [9.17, 15) is 14.0 Å². The van der Waals surface area contributed by atoms with Crippen molar-refractivity contribution in [3.63, 3.8) is 0 Å². The second-order valence-electron chi connectivity index (χ2n) is 6.62. The smallest absolute Gasteiger partial charge is 0.256 e. The van der Waals surface area contributed by atoms with Crippen LogP contribution < -0.4 is 10.1 Å². The molecule has 0 spiro atoms. The second kappa shape index (κ2) is 8.16. The number of aryl methyl sites for hydroxylation is 1. The van der Waals surface area contributed by atoms with Crippen molar-refractivity contribution in [2.24, 2.45) is 5.92 Å². The number of nitrogens with one attached hydrogen (secondary N) is 1. The molecule has 0 bridgehead atoms. The molecular formula is C20H22FN3O3. The molecule has 6 nitrogen and oxygen atoms in total. The first kappa shape index (κ1) is 18.8. The van der Waals surface area contributed by atoms with Crippen LogP contribution >= 0.6 is 0 Å². The summed E-state index contributed by atoms with van der Waals surface area (Å²) >= 11 is 0. The summed E-state index contributed by atoms with van der Waals surface area (Å²) in [5, 5.41) is 2.81. The van der Waals surface area contributed by atoms with E-state index in [1.54, 1.807) is 23.2 Å². The third-order valence-electron chi connectivity index (χ3n) is 4.72. The summed E-state index contributed by atoms with van der Waals surface area (Å²) in [7, 11) is 1.44. The van der Waals surface area contributed by atoms with Crippen LogP contribution in [-0.4, -0.2) is 41.9 Å². The number of hydrogen-bond acceptors (Lipinski definition) is 4. The van der Waals surface area contributed by atoms with Gasteiger partial charge in [0.1, 0.15) is 17.4 Å². The van der Waals surface area contributed by atoms with Crippen LogP contribution in [0.15, 0.2) is 36.5 Å². The molecule has 0 saturated carbocycles. The molecule has 1 aliphatic heterocycles. The molecule has 2 amide bonds. The molecule has 27 heavy (non-hydrogen) atoms. The second-order valence-corrected chi connectivity index (χ2v) is 6.62. The Balaban J connectivity index is 1.57. The number of ether oxygens (including phenoxy) is 1. The summed E-state index contributed by atoms with van der Waals surface area (Å²) in [6.07, 6.45) is 2.75. The Bertz CT molecular complexity index is 831. The van der Waals surface area contributed by atoms with E-state index in [4.69, 9.17) is 4.74 Å². The van der Waals surface area contributed by atoms with Crippen LogP contribution in [0.4, 0.5) is 10.2 Å². The number of pyridine rings is 1. The minimum atomic E-state index is -0.607. The highest BCUT2D eigenvalue weighted by Gasteiger charge is 2.29. The standard InChI is InChI=1S/C20H22FN3O3/c1-13-3-6-18(22-12-13)23-19(25)14-7-9-24(10-8-14)20(26)16-5-4-15(27-2)11-17(16)21/h3-6,11-12,14H,7-10H2,1-2H3,(H,22,23,25). The summed E-state index contributed by atoms with van der Waals surface area (Å²) in [5.41, 5.74) is 1.04. The molecule has 0 atom stereocenters. The summed E-state index contributed by atoms with van der Waals surface area (Å²) < 4.78 is 19.1. The van der Waals surface area contributed by atoms with Crippen LogP contribution in [0.25, 0.3) is 0 Å².